The number of nitrogens with two attached hydrogens (primary N) is 1. The van der Waals surface area contributed by atoms with E-state index in [-0.39, 0.29) is 11.9 Å². The second kappa shape index (κ2) is 6.15. The van der Waals surface area contributed by atoms with Gasteiger partial charge < -0.3 is 11.1 Å². The standard InChI is InChI=1S/C16H20Cl2N2O/c17-11-3-4-13(14(18)8-11)16(21)20-15(5-9-1-2-9)10-6-12(19)7-10/h3-4,8-10,12,15H,1-2,5-7,19H2,(H,20,21)/t10-,12-,15?. The molecule has 0 radical (unpaired) electrons. The predicted octanol–water partition coefficient (Wildman–Crippen LogP) is 3.63. The van der Waals surface area contributed by atoms with Crippen molar-refractivity contribution in [1.29, 1.82) is 0 Å². The van der Waals surface area contributed by atoms with E-state index in [0.717, 1.165) is 25.2 Å². The fourth-order valence-electron chi connectivity index (χ4n) is 3.04. The number of benzene rings is 1. The number of hydrogen-bond acceptors (Lipinski definition) is 2. The van der Waals surface area contributed by atoms with E-state index in [2.05, 4.69) is 5.32 Å². The van der Waals surface area contributed by atoms with Crippen molar-refractivity contribution in [3.63, 3.8) is 0 Å². The Morgan fingerprint density at radius 2 is 2.05 bits per heavy atom. The smallest absolute Gasteiger partial charge is 0.253 e. The van der Waals surface area contributed by atoms with Gasteiger partial charge >= 0.3 is 0 Å². The lowest BCUT2D eigenvalue weighted by Gasteiger charge is -2.39. The van der Waals surface area contributed by atoms with Gasteiger partial charge in [0.25, 0.3) is 5.91 Å². The van der Waals surface area contributed by atoms with Gasteiger partial charge in [-0.25, -0.2) is 0 Å². The Hall–Kier alpha value is -0.770. The zero-order valence-corrected chi connectivity index (χ0v) is 13.3. The SMILES string of the molecule is N[C@H]1C[C@H](C(CC2CC2)NC(=O)c2ccc(Cl)cc2Cl)C1. The van der Waals surface area contributed by atoms with Crippen LogP contribution in [0.1, 0.15) is 42.5 Å². The van der Waals surface area contributed by atoms with E-state index in [1.54, 1.807) is 18.2 Å². The van der Waals surface area contributed by atoms with Crippen LogP contribution >= 0.6 is 23.2 Å². The van der Waals surface area contributed by atoms with Crippen LogP contribution < -0.4 is 11.1 Å². The van der Waals surface area contributed by atoms with E-state index in [0.29, 0.717) is 27.6 Å². The van der Waals surface area contributed by atoms with Crippen LogP contribution in [0, 0.1) is 11.8 Å². The summed E-state index contributed by atoms with van der Waals surface area (Å²) < 4.78 is 0. The molecule has 0 aromatic heterocycles. The minimum absolute atomic E-state index is 0.109. The van der Waals surface area contributed by atoms with E-state index in [9.17, 15) is 4.79 Å². The Balaban J connectivity index is 1.67. The van der Waals surface area contributed by atoms with Crippen molar-refractivity contribution < 1.29 is 4.79 Å². The van der Waals surface area contributed by atoms with Crippen LogP contribution in [-0.4, -0.2) is 18.0 Å². The molecule has 1 amide bonds. The number of carbonyl (C=O) groups is 1. The maximum Gasteiger partial charge on any atom is 0.253 e. The summed E-state index contributed by atoms with van der Waals surface area (Å²) in [5, 5.41) is 4.10. The fourth-order valence-corrected chi connectivity index (χ4v) is 3.53. The molecule has 114 valence electrons. The van der Waals surface area contributed by atoms with Gasteiger partial charge in [-0.2, -0.15) is 0 Å². The van der Waals surface area contributed by atoms with Crippen LogP contribution in [-0.2, 0) is 0 Å². The molecule has 2 fully saturated rings. The van der Waals surface area contributed by atoms with E-state index < -0.39 is 0 Å². The molecule has 5 heteroatoms. The highest BCUT2D eigenvalue weighted by atomic mass is 35.5. The summed E-state index contributed by atoms with van der Waals surface area (Å²) in [5.41, 5.74) is 6.38. The van der Waals surface area contributed by atoms with Crippen LogP contribution in [0.5, 0.6) is 0 Å². The molecule has 1 aromatic carbocycles. The average molecular weight is 327 g/mol. The van der Waals surface area contributed by atoms with E-state index >= 15 is 0 Å². The molecule has 3 N–H and O–H groups in total. The average Bonchev–Trinajstić information content (AvgIpc) is 3.18. The normalized spacial score (nSPS) is 26.0. The molecule has 2 aliphatic carbocycles. The Labute approximate surface area is 135 Å². The maximum absolute atomic E-state index is 12.4. The molecule has 1 unspecified atom stereocenters. The van der Waals surface area contributed by atoms with E-state index in [1.807, 2.05) is 0 Å². The van der Waals surface area contributed by atoms with Gasteiger partial charge in [-0.15, -0.1) is 0 Å². The highest BCUT2D eigenvalue weighted by Gasteiger charge is 2.37. The van der Waals surface area contributed by atoms with Gasteiger partial charge in [0.15, 0.2) is 0 Å². The van der Waals surface area contributed by atoms with Gasteiger partial charge in [-0.05, 0) is 49.3 Å². The molecule has 2 aliphatic rings. The van der Waals surface area contributed by atoms with Gasteiger partial charge in [0.05, 0.1) is 10.6 Å². The van der Waals surface area contributed by atoms with Gasteiger partial charge in [-0.1, -0.05) is 36.0 Å². The van der Waals surface area contributed by atoms with E-state index in [4.69, 9.17) is 28.9 Å². The summed E-state index contributed by atoms with van der Waals surface area (Å²) in [6.45, 7) is 0. The first-order chi connectivity index (χ1) is 10.0. The Kier molecular flexibility index (Phi) is 4.43. The Bertz CT molecular complexity index is 539. The molecule has 3 nitrogen and oxygen atoms in total. The largest absolute Gasteiger partial charge is 0.349 e. The third kappa shape index (κ3) is 3.71. The molecule has 3 rings (SSSR count). The fraction of sp³-hybridized carbons (Fsp3) is 0.562. The summed E-state index contributed by atoms with van der Waals surface area (Å²) in [5.74, 6) is 1.17. The Morgan fingerprint density at radius 3 is 2.62 bits per heavy atom. The highest BCUT2D eigenvalue weighted by molar-refractivity contribution is 6.36. The monoisotopic (exact) mass is 326 g/mol. The van der Waals surface area contributed by atoms with Crippen molar-refractivity contribution in [2.24, 2.45) is 17.6 Å². The van der Waals surface area contributed by atoms with Crippen molar-refractivity contribution >= 4 is 29.1 Å². The summed E-state index contributed by atoms with van der Waals surface area (Å²) >= 11 is 12.0. The molecule has 0 heterocycles. The summed E-state index contributed by atoms with van der Waals surface area (Å²) in [6, 6.07) is 5.50. The maximum atomic E-state index is 12.4. The van der Waals surface area contributed by atoms with Crippen LogP contribution in [0.25, 0.3) is 0 Å². The second-order valence-corrected chi connectivity index (χ2v) is 7.22. The van der Waals surface area contributed by atoms with Crippen molar-refractivity contribution in [3.8, 4) is 0 Å². The topological polar surface area (TPSA) is 55.1 Å². The molecule has 0 bridgehead atoms. The van der Waals surface area contributed by atoms with Crippen LogP contribution in [0.4, 0.5) is 0 Å². The first-order valence-electron chi connectivity index (χ1n) is 7.54. The predicted molar refractivity (Wildman–Crippen MR) is 85.8 cm³/mol. The third-order valence-corrected chi connectivity index (χ3v) is 5.10. The van der Waals surface area contributed by atoms with Crippen LogP contribution in [0.2, 0.25) is 10.0 Å². The lowest BCUT2D eigenvalue weighted by Crippen LogP contribution is -2.49. The number of rotatable bonds is 5. The lowest BCUT2D eigenvalue weighted by molar-refractivity contribution is 0.0882. The number of halogens is 2. The highest BCUT2D eigenvalue weighted by Crippen LogP contribution is 2.39. The van der Waals surface area contributed by atoms with Crippen molar-refractivity contribution in [1.82, 2.24) is 5.32 Å². The lowest BCUT2D eigenvalue weighted by atomic mass is 9.74. The minimum atomic E-state index is -0.109. The zero-order chi connectivity index (χ0) is 15.0. The molecule has 2 saturated carbocycles. The Morgan fingerprint density at radius 1 is 1.33 bits per heavy atom. The zero-order valence-electron chi connectivity index (χ0n) is 11.8. The third-order valence-electron chi connectivity index (χ3n) is 4.56. The molecule has 1 aromatic rings. The summed E-state index contributed by atoms with van der Waals surface area (Å²) in [7, 11) is 0. The first-order valence-corrected chi connectivity index (χ1v) is 8.30. The molecule has 0 spiro atoms. The number of nitrogens with one attached hydrogen (secondary N) is 1. The van der Waals surface area contributed by atoms with Gasteiger partial charge in [0, 0.05) is 17.1 Å². The molecular weight excluding hydrogens is 307 g/mol. The van der Waals surface area contributed by atoms with Crippen LogP contribution in [0.15, 0.2) is 18.2 Å². The summed E-state index contributed by atoms with van der Waals surface area (Å²) in [4.78, 5) is 12.4. The van der Waals surface area contributed by atoms with Gasteiger partial charge in [-0.3, -0.25) is 4.79 Å². The van der Waals surface area contributed by atoms with Gasteiger partial charge in [0.1, 0.15) is 0 Å². The van der Waals surface area contributed by atoms with E-state index in [1.165, 1.54) is 12.8 Å². The minimum Gasteiger partial charge on any atom is -0.349 e. The van der Waals surface area contributed by atoms with Gasteiger partial charge in [0.2, 0.25) is 0 Å². The van der Waals surface area contributed by atoms with Crippen LogP contribution in [0.3, 0.4) is 0 Å². The number of amides is 1. The second-order valence-electron chi connectivity index (χ2n) is 6.37. The molecule has 1 atom stereocenters. The quantitative estimate of drug-likeness (QED) is 0.868. The van der Waals surface area contributed by atoms with Crippen molar-refractivity contribution in [2.45, 2.75) is 44.2 Å². The number of hydrogen-bond donors (Lipinski definition) is 2. The molecular formula is C16H20Cl2N2O. The van der Waals surface area contributed by atoms with Crippen molar-refractivity contribution in [3.05, 3.63) is 33.8 Å². The first kappa shape index (κ1) is 15.1. The summed E-state index contributed by atoms with van der Waals surface area (Å²) in [6.07, 6.45) is 5.64. The molecule has 0 saturated heterocycles. The molecule has 0 aliphatic heterocycles. The van der Waals surface area contributed by atoms with Crippen molar-refractivity contribution in [2.75, 3.05) is 0 Å². The molecule has 21 heavy (non-hydrogen) atoms. The number of carbonyl (C=O) groups excluding carboxylic acids is 1.